The molecule has 0 bridgehead atoms. The average Bonchev–Trinajstić information content (AvgIpc) is 3.52. The minimum atomic E-state index is -3.81. The fourth-order valence-electron chi connectivity index (χ4n) is 4.18. The zero-order valence-electron chi connectivity index (χ0n) is 19.0. The van der Waals surface area contributed by atoms with E-state index in [0.29, 0.717) is 42.3 Å². The molecule has 4 heterocycles. The third-order valence-corrected chi connectivity index (χ3v) is 9.86. The maximum atomic E-state index is 13.2. The van der Waals surface area contributed by atoms with E-state index in [-0.39, 0.29) is 15.8 Å². The molecule has 5 rings (SSSR count). The molecule has 1 saturated heterocycles. The smallest absolute Gasteiger partial charge is 0.349 e. The van der Waals surface area contributed by atoms with Crippen LogP contribution in [0.3, 0.4) is 0 Å². The Bertz CT molecular complexity index is 1550. The number of fused-ring (bicyclic) bond motifs is 1. The minimum Gasteiger partial charge on any atom is -0.465 e. The van der Waals surface area contributed by atoms with Gasteiger partial charge in [-0.3, -0.25) is 0 Å². The minimum absolute atomic E-state index is 0.00618. The lowest BCUT2D eigenvalue weighted by Crippen LogP contribution is -2.42. The van der Waals surface area contributed by atoms with Crippen LogP contribution in [0.25, 0.3) is 16.9 Å². The maximum Gasteiger partial charge on any atom is 0.349 e. The molecule has 3 aromatic heterocycles. The number of benzene rings is 1. The summed E-state index contributed by atoms with van der Waals surface area (Å²) in [5.41, 5.74) is 2.14. The molecule has 0 saturated carbocycles. The third kappa shape index (κ3) is 4.63. The molecule has 0 radical (unpaired) electrons. The molecule has 36 heavy (non-hydrogen) atoms. The molecule has 1 aliphatic heterocycles. The van der Waals surface area contributed by atoms with E-state index >= 15 is 0 Å². The monoisotopic (exact) mass is 609 g/mol. The number of esters is 1. The van der Waals surface area contributed by atoms with Crippen LogP contribution in [0.2, 0.25) is 5.02 Å². The lowest BCUT2D eigenvalue weighted by atomic mass is 10.1. The molecule has 0 aliphatic carbocycles. The van der Waals surface area contributed by atoms with E-state index < -0.39 is 16.0 Å². The second kappa shape index (κ2) is 10.1. The van der Waals surface area contributed by atoms with Crippen molar-refractivity contribution in [3.63, 3.8) is 0 Å². The Morgan fingerprint density at radius 1 is 1.25 bits per heavy atom. The molecule has 1 N–H and O–H groups in total. The SMILES string of the molecule is COC(=O)c1sccc1S(=O)(=O)N1CCC(Nc2cc(-c3ccccc3Cl)nc3c(Br)cnn23)CC1. The van der Waals surface area contributed by atoms with E-state index in [4.69, 9.17) is 21.3 Å². The number of hydrogen-bond acceptors (Lipinski definition) is 8. The zero-order valence-corrected chi connectivity index (χ0v) is 23.0. The Morgan fingerprint density at radius 3 is 2.72 bits per heavy atom. The first kappa shape index (κ1) is 25.2. The van der Waals surface area contributed by atoms with Crippen molar-refractivity contribution in [1.82, 2.24) is 18.9 Å². The van der Waals surface area contributed by atoms with Crippen LogP contribution in [0.1, 0.15) is 22.5 Å². The summed E-state index contributed by atoms with van der Waals surface area (Å²) in [7, 11) is -2.58. The van der Waals surface area contributed by atoms with E-state index in [9.17, 15) is 13.2 Å². The molecule has 9 nitrogen and oxygen atoms in total. The number of halogens is 2. The number of aromatic nitrogens is 3. The van der Waals surface area contributed by atoms with E-state index in [1.165, 1.54) is 17.5 Å². The number of hydrogen-bond donors (Lipinski definition) is 1. The Kier molecular flexibility index (Phi) is 7.05. The van der Waals surface area contributed by atoms with Gasteiger partial charge < -0.3 is 10.1 Å². The van der Waals surface area contributed by atoms with Gasteiger partial charge in [0, 0.05) is 35.8 Å². The van der Waals surface area contributed by atoms with E-state index in [1.807, 2.05) is 30.3 Å². The number of ether oxygens (including phenoxy) is 1. The van der Waals surface area contributed by atoms with Crippen molar-refractivity contribution < 1.29 is 17.9 Å². The van der Waals surface area contributed by atoms with Crippen molar-refractivity contribution in [2.24, 2.45) is 0 Å². The maximum absolute atomic E-state index is 13.2. The molecule has 0 spiro atoms. The molecule has 1 aromatic carbocycles. The Morgan fingerprint density at radius 2 is 2.00 bits per heavy atom. The van der Waals surface area contributed by atoms with Crippen molar-refractivity contribution in [2.75, 3.05) is 25.5 Å². The molecule has 0 amide bonds. The van der Waals surface area contributed by atoms with E-state index in [1.54, 1.807) is 16.1 Å². The predicted molar refractivity (Wildman–Crippen MR) is 142 cm³/mol. The fraction of sp³-hybridized carbons (Fsp3) is 0.261. The first-order chi connectivity index (χ1) is 17.3. The summed E-state index contributed by atoms with van der Waals surface area (Å²) in [6, 6.07) is 10.8. The predicted octanol–water partition coefficient (Wildman–Crippen LogP) is 4.93. The Hall–Kier alpha value is -2.51. The van der Waals surface area contributed by atoms with E-state index in [0.717, 1.165) is 27.2 Å². The van der Waals surface area contributed by atoms with Crippen LogP contribution >= 0.6 is 38.9 Å². The lowest BCUT2D eigenvalue weighted by molar-refractivity contribution is 0.0602. The summed E-state index contributed by atoms with van der Waals surface area (Å²) < 4.78 is 35.1. The van der Waals surface area contributed by atoms with Crippen LogP contribution < -0.4 is 5.32 Å². The topological polar surface area (TPSA) is 106 Å². The summed E-state index contributed by atoms with van der Waals surface area (Å²) in [4.78, 5) is 16.8. The number of rotatable bonds is 6. The van der Waals surface area contributed by atoms with Gasteiger partial charge in [-0.25, -0.2) is 18.2 Å². The molecular formula is C23H21BrClN5O4S2. The molecule has 1 fully saturated rings. The van der Waals surface area contributed by atoms with E-state index in [2.05, 4.69) is 26.3 Å². The number of piperidine rings is 1. The molecule has 13 heteroatoms. The summed E-state index contributed by atoms with van der Waals surface area (Å²) >= 11 is 11.0. The first-order valence-corrected chi connectivity index (χ1v) is 14.5. The number of nitrogens with zero attached hydrogens (tertiary/aromatic N) is 4. The van der Waals surface area contributed by atoms with Gasteiger partial charge in [0.05, 0.1) is 23.5 Å². The van der Waals surface area contributed by atoms with Crippen LogP contribution in [0, 0.1) is 0 Å². The number of methoxy groups -OCH3 is 1. The lowest BCUT2D eigenvalue weighted by Gasteiger charge is -2.32. The quantitative estimate of drug-likeness (QED) is 0.309. The molecule has 4 aromatic rings. The highest BCUT2D eigenvalue weighted by atomic mass is 79.9. The highest BCUT2D eigenvalue weighted by molar-refractivity contribution is 9.10. The van der Waals surface area contributed by atoms with Crippen molar-refractivity contribution in [3.05, 3.63) is 62.3 Å². The van der Waals surface area contributed by atoms with Gasteiger partial charge in [0.15, 0.2) is 5.65 Å². The summed E-state index contributed by atoms with van der Waals surface area (Å²) in [5, 5.41) is 10.1. The first-order valence-electron chi connectivity index (χ1n) is 11.0. The van der Waals surface area contributed by atoms with Gasteiger partial charge in [-0.05, 0) is 46.3 Å². The van der Waals surface area contributed by atoms with Gasteiger partial charge in [0.1, 0.15) is 15.6 Å². The zero-order chi connectivity index (χ0) is 25.4. The second-order valence-corrected chi connectivity index (χ2v) is 12.2. The molecular weight excluding hydrogens is 590 g/mol. The summed E-state index contributed by atoms with van der Waals surface area (Å²) in [6.07, 6.45) is 2.83. The number of sulfonamides is 1. The van der Waals surface area contributed by atoms with Gasteiger partial charge in [-0.2, -0.15) is 13.9 Å². The standard InChI is InChI=1S/C23H21BrClN5O4S2/c1-34-23(31)21-19(8-11-35-21)36(32,33)29-9-6-14(7-10-29)27-20-12-18(15-4-2-3-5-17(15)25)28-22-16(24)13-26-30(20)22/h2-5,8,11-14,27H,6-7,9-10H2,1H3. The number of anilines is 1. The van der Waals surface area contributed by atoms with Crippen LogP contribution in [0.15, 0.2) is 57.3 Å². The molecule has 0 atom stereocenters. The summed E-state index contributed by atoms with van der Waals surface area (Å²) in [6.45, 7) is 0.621. The van der Waals surface area contributed by atoms with Gasteiger partial charge >= 0.3 is 5.97 Å². The molecule has 188 valence electrons. The van der Waals surface area contributed by atoms with Gasteiger partial charge in [-0.15, -0.1) is 11.3 Å². The normalized spacial score (nSPS) is 15.3. The van der Waals surface area contributed by atoms with Gasteiger partial charge in [0.25, 0.3) is 0 Å². The number of nitrogens with one attached hydrogen (secondary N) is 1. The van der Waals surface area contributed by atoms with Gasteiger partial charge in [-0.1, -0.05) is 29.8 Å². The third-order valence-electron chi connectivity index (χ3n) is 6.00. The highest BCUT2D eigenvalue weighted by Crippen LogP contribution is 2.32. The van der Waals surface area contributed by atoms with Crippen LogP contribution in [-0.4, -0.2) is 59.5 Å². The van der Waals surface area contributed by atoms with Gasteiger partial charge in [0.2, 0.25) is 10.0 Å². The number of carbonyl (C=O) groups excluding carboxylic acids is 1. The number of thiophene rings is 1. The number of carbonyl (C=O) groups is 1. The second-order valence-electron chi connectivity index (χ2n) is 8.16. The van der Waals surface area contributed by atoms with Crippen LogP contribution in [0.4, 0.5) is 5.82 Å². The van der Waals surface area contributed by atoms with Crippen molar-refractivity contribution in [3.8, 4) is 11.3 Å². The van der Waals surface area contributed by atoms with Crippen molar-refractivity contribution >= 4 is 66.3 Å². The van der Waals surface area contributed by atoms with Crippen LogP contribution in [0.5, 0.6) is 0 Å². The molecule has 1 aliphatic rings. The Labute approximate surface area is 225 Å². The highest BCUT2D eigenvalue weighted by Gasteiger charge is 2.33. The van der Waals surface area contributed by atoms with Crippen LogP contribution in [-0.2, 0) is 14.8 Å². The summed E-state index contributed by atoms with van der Waals surface area (Å²) in [5.74, 6) is 0.0780. The van der Waals surface area contributed by atoms with Crippen molar-refractivity contribution in [1.29, 1.82) is 0 Å². The largest absolute Gasteiger partial charge is 0.465 e. The van der Waals surface area contributed by atoms with Crippen molar-refractivity contribution in [2.45, 2.75) is 23.8 Å². The Balaban J connectivity index is 1.37. The fourth-order valence-corrected chi connectivity index (χ4v) is 7.54. The average molecular weight is 611 g/mol. The molecule has 0 unspecified atom stereocenters.